The van der Waals surface area contributed by atoms with Crippen LogP contribution in [0, 0.1) is 0 Å². The summed E-state index contributed by atoms with van der Waals surface area (Å²) in [5.74, 6) is 0.982. The summed E-state index contributed by atoms with van der Waals surface area (Å²) in [5.41, 5.74) is 1.07. The first-order valence-corrected chi connectivity index (χ1v) is 6.43. The summed E-state index contributed by atoms with van der Waals surface area (Å²) in [6.45, 7) is 3.30. The third-order valence-corrected chi connectivity index (χ3v) is 2.58. The average molecular weight is 279 g/mol. The highest BCUT2D eigenvalue weighted by molar-refractivity contribution is 6.29. The van der Waals surface area contributed by atoms with Crippen LogP contribution in [-0.2, 0) is 18.0 Å². The number of halogens is 1. The summed E-state index contributed by atoms with van der Waals surface area (Å²) in [7, 11) is 0. The molecule has 1 heterocycles. The van der Waals surface area contributed by atoms with E-state index in [0.717, 1.165) is 5.56 Å². The Labute approximate surface area is 117 Å². The zero-order valence-electron chi connectivity index (χ0n) is 10.7. The topological polar surface area (TPSA) is 44.2 Å². The number of aromatic nitrogens is 2. The minimum Gasteiger partial charge on any atom is -0.473 e. The smallest absolute Gasteiger partial charge is 0.218 e. The molecule has 4 nitrogen and oxygen atoms in total. The maximum atomic E-state index is 5.92. The van der Waals surface area contributed by atoms with Gasteiger partial charge in [0.1, 0.15) is 18.4 Å². The lowest BCUT2D eigenvalue weighted by molar-refractivity contribution is 0.127. The minimum atomic E-state index is 0.332. The molecular formula is C14H15ClN2O2. The number of benzene rings is 1. The van der Waals surface area contributed by atoms with Gasteiger partial charge in [0.25, 0.3) is 0 Å². The van der Waals surface area contributed by atoms with E-state index in [1.165, 1.54) is 0 Å². The number of rotatable bonds is 6. The van der Waals surface area contributed by atoms with E-state index in [2.05, 4.69) is 9.97 Å². The van der Waals surface area contributed by atoms with E-state index in [1.54, 1.807) is 6.07 Å². The van der Waals surface area contributed by atoms with Gasteiger partial charge in [0, 0.05) is 12.7 Å². The van der Waals surface area contributed by atoms with Gasteiger partial charge in [-0.1, -0.05) is 41.9 Å². The van der Waals surface area contributed by atoms with Crippen molar-refractivity contribution < 1.29 is 9.47 Å². The van der Waals surface area contributed by atoms with Gasteiger partial charge < -0.3 is 9.47 Å². The molecule has 2 aromatic rings. The maximum absolute atomic E-state index is 5.92. The quantitative estimate of drug-likeness (QED) is 0.761. The highest BCUT2D eigenvalue weighted by Gasteiger charge is 2.05. The van der Waals surface area contributed by atoms with Gasteiger partial charge in [-0.05, 0) is 12.5 Å². The van der Waals surface area contributed by atoms with E-state index in [0.29, 0.717) is 36.7 Å². The van der Waals surface area contributed by atoms with E-state index in [4.69, 9.17) is 21.1 Å². The Morgan fingerprint density at radius 1 is 1.11 bits per heavy atom. The molecule has 0 atom stereocenters. The molecule has 0 fully saturated rings. The van der Waals surface area contributed by atoms with Crippen LogP contribution in [0.3, 0.4) is 0 Å². The molecule has 0 saturated carbocycles. The third-order valence-electron chi connectivity index (χ3n) is 2.38. The van der Waals surface area contributed by atoms with Crippen LogP contribution >= 0.6 is 11.6 Å². The van der Waals surface area contributed by atoms with Crippen LogP contribution in [0.5, 0.6) is 5.88 Å². The normalized spacial score (nSPS) is 10.4. The molecule has 1 aromatic heterocycles. The van der Waals surface area contributed by atoms with Crippen LogP contribution in [0.2, 0.25) is 5.15 Å². The molecule has 0 unspecified atom stereocenters. The molecule has 0 aliphatic heterocycles. The first-order valence-electron chi connectivity index (χ1n) is 6.06. The Balaban J connectivity index is 2.01. The van der Waals surface area contributed by atoms with E-state index in [-0.39, 0.29) is 0 Å². The van der Waals surface area contributed by atoms with Crippen LogP contribution in [0.1, 0.15) is 18.3 Å². The molecule has 0 bridgehead atoms. The Hall–Kier alpha value is -1.65. The maximum Gasteiger partial charge on any atom is 0.218 e. The van der Waals surface area contributed by atoms with Gasteiger partial charge in [0.05, 0.1) is 0 Å². The van der Waals surface area contributed by atoms with Crippen molar-refractivity contribution in [3.8, 4) is 5.88 Å². The molecule has 2 rings (SSSR count). The van der Waals surface area contributed by atoms with Crippen LogP contribution in [0.25, 0.3) is 0 Å². The van der Waals surface area contributed by atoms with Gasteiger partial charge in [-0.25, -0.2) is 4.98 Å². The van der Waals surface area contributed by atoms with Crippen molar-refractivity contribution in [1.29, 1.82) is 0 Å². The van der Waals surface area contributed by atoms with Crippen molar-refractivity contribution in [3.63, 3.8) is 0 Å². The standard InChI is InChI=1S/C14H15ClN2O2/c1-2-18-10-13-16-12(15)8-14(17-13)19-9-11-6-4-3-5-7-11/h3-8H,2,9-10H2,1H3. The summed E-state index contributed by atoms with van der Waals surface area (Å²) < 4.78 is 10.9. The van der Waals surface area contributed by atoms with Gasteiger partial charge in [0.2, 0.25) is 5.88 Å². The fraction of sp³-hybridized carbons (Fsp3) is 0.286. The lowest BCUT2D eigenvalue weighted by Crippen LogP contribution is -2.03. The van der Waals surface area contributed by atoms with Gasteiger partial charge in [-0.2, -0.15) is 4.98 Å². The van der Waals surface area contributed by atoms with Crippen LogP contribution in [0.4, 0.5) is 0 Å². The molecule has 0 saturated heterocycles. The Morgan fingerprint density at radius 3 is 2.63 bits per heavy atom. The summed E-state index contributed by atoms with van der Waals surface area (Å²) >= 11 is 5.92. The van der Waals surface area contributed by atoms with Crippen molar-refractivity contribution in [2.75, 3.05) is 6.61 Å². The highest BCUT2D eigenvalue weighted by atomic mass is 35.5. The van der Waals surface area contributed by atoms with Crippen molar-refractivity contribution >= 4 is 11.6 Å². The highest BCUT2D eigenvalue weighted by Crippen LogP contribution is 2.15. The molecule has 0 amide bonds. The van der Waals surface area contributed by atoms with Crippen molar-refractivity contribution in [1.82, 2.24) is 9.97 Å². The zero-order valence-corrected chi connectivity index (χ0v) is 11.4. The molecule has 5 heteroatoms. The van der Waals surface area contributed by atoms with Crippen molar-refractivity contribution in [2.45, 2.75) is 20.1 Å². The largest absolute Gasteiger partial charge is 0.473 e. The molecule has 0 spiro atoms. The van der Waals surface area contributed by atoms with Gasteiger partial charge in [0.15, 0.2) is 5.82 Å². The molecular weight excluding hydrogens is 264 g/mol. The number of hydrogen-bond acceptors (Lipinski definition) is 4. The SMILES string of the molecule is CCOCc1nc(Cl)cc(OCc2ccccc2)n1. The van der Waals surface area contributed by atoms with Crippen LogP contribution in [-0.4, -0.2) is 16.6 Å². The van der Waals surface area contributed by atoms with Crippen LogP contribution in [0.15, 0.2) is 36.4 Å². The predicted octanol–water partition coefficient (Wildman–Crippen LogP) is 3.25. The Bertz CT molecular complexity index is 520. The van der Waals surface area contributed by atoms with E-state index < -0.39 is 0 Å². The summed E-state index contributed by atoms with van der Waals surface area (Å²) in [4.78, 5) is 8.32. The van der Waals surface area contributed by atoms with Crippen molar-refractivity contribution in [3.05, 3.63) is 52.9 Å². The van der Waals surface area contributed by atoms with Gasteiger partial charge >= 0.3 is 0 Å². The summed E-state index contributed by atoms with van der Waals surface area (Å²) in [5, 5.41) is 0.354. The van der Waals surface area contributed by atoms with E-state index in [9.17, 15) is 0 Å². The summed E-state index contributed by atoms with van der Waals surface area (Å²) in [6.07, 6.45) is 0. The fourth-order valence-corrected chi connectivity index (χ4v) is 1.70. The molecule has 0 N–H and O–H groups in total. The second kappa shape index (κ2) is 7.07. The fourth-order valence-electron chi connectivity index (χ4n) is 1.51. The number of hydrogen-bond donors (Lipinski definition) is 0. The summed E-state index contributed by atoms with van der Waals surface area (Å²) in [6, 6.07) is 11.5. The predicted molar refractivity (Wildman–Crippen MR) is 73.1 cm³/mol. The molecule has 0 radical (unpaired) electrons. The number of ether oxygens (including phenoxy) is 2. The lowest BCUT2D eigenvalue weighted by Gasteiger charge is -2.07. The second-order valence-corrected chi connectivity index (χ2v) is 4.24. The first kappa shape index (κ1) is 13.8. The molecule has 1 aromatic carbocycles. The zero-order chi connectivity index (χ0) is 13.5. The Morgan fingerprint density at radius 2 is 1.89 bits per heavy atom. The lowest BCUT2D eigenvalue weighted by atomic mass is 10.2. The molecule has 19 heavy (non-hydrogen) atoms. The minimum absolute atomic E-state index is 0.332. The average Bonchev–Trinajstić information content (AvgIpc) is 2.43. The monoisotopic (exact) mass is 278 g/mol. The molecule has 0 aliphatic rings. The van der Waals surface area contributed by atoms with Gasteiger partial charge in [-0.3, -0.25) is 0 Å². The first-order chi connectivity index (χ1) is 9.28. The number of nitrogens with zero attached hydrogens (tertiary/aromatic N) is 2. The molecule has 100 valence electrons. The third kappa shape index (κ3) is 4.50. The molecule has 0 aliphatic carbocycles. The van der Waals surface area contributed by atoms with Crippen LogP contribution < -0.4 is 4.74 Å². The van der Waals surface area contributed by atoms with Crippen molar-refractivity contribution in [2.24, 2.45) is 0 Å². The van der Waals surface area contributed by atoms with E-state index in [1.807, 2.05) is 37.3 Å². The second-order valence-electron chi connectivity index (χ2n) is 3.86. The van der Waals surface area contributed by atoms with Gasteiger partial charge in [-0.15, -0.1) is 0 Å². The Kier molecular flexibility index (Phi) is 5.12. The van der Waals surface area contributed by atoms with E-state index >= 15 is 0 Å².